The summed E-state index contributed by atoms with van der Waals surface area (Å²) in [6.45, 7) is 0. The number of methoxy groups -OCH3 is 2. The second-order valence-corrected chi connectivity index (χ2v) is 5.91. The number of rotatable bonds is 8. The van der Waals surface area contributed by atoms with E-state index < -0.39 is 0 Å². The van der Waals surface area contributed by atoms with E-state index in [-0.39, 0.29) is 30.5 Å². The Kier molecular flexibility index (Phi) is 7.14. The van der Waals surface area contributed by atoms with Crippen LogP contribution in [-0.4, -0.2) is 36.2 Å². The van der Waals surface area contributed by atoms with Gasteiger partial charge in [-0.2, -0.15) is 0 Å². The molecule has 0 saturated heterocycles. The number of nitrogens with zero attached hydrogens (tertiary/aromatic N) is 1. The first-order chi connectivity index (χ1) is 12.5. The Hall–Kier alpha value is -2.89. The SMILES string of the molecule is COC(=O)CCc1nc(CCc2ccc(CC(=O)OC)cc2)ccc1O. The molecule has 138 valence electrons. The fourth-order valence-corrected chi connectivity index (χ4v) is 2.52. The highest BCUT2D eigenvalue weighted by Crippen LogP contribution is 2.18. The van der Waals surface area contributed by atoms with Gasteiger partial charge in [0.15, 0.2) is 0 Å². The summed E-state index contributed by atoms with van der Waals surface area (Å²) in [6.07, 6.45) is 2.28. The maximum atomic E-state index is 11.3. The molecule has 0 fully saturated rings. The molecule has 26 heavy (non-hydrogen) atoms. The molecule has 0 amide bonds. The van der Waals surface area contributed by atoms with Gasteiger partial charge in [-0.3, -0.25) is 14.6 Å². The minimum Gasteiger partial charge on any atom is -0.506 e. The average molecular weight is 357 g/mol. The molecule has 0 saturated carbocycles. The molecule has 6 heteroatoms. The third-order valence-electron chi connectivity index (χ3n) is 4.07. The van der Waals surface area contributed by atoms with Gasteiger partial charge >= 0.3 is 11.9 Å². The smallest absolute Gasteiger partial charge is 0.309 e. The van der Waals surface area contributed by atoms with Crippen molar-refractivity contribution in [1.29, 1.82) is 0 Å². The molecule has 1 aromatic heterocycles. The van der Waals surface area contributed by atoms with E-state index in [4.69, 9.17) is 0 Å². The van der Waals surface area contributed by atoms with Gasteiger partial charge in [0.1, 0.15) is 5.75 Å². The first kappa shape index (κ1) is 19.4. The number of carbonyl (C=O) groups excluding carboxylic acids is 2. The lowest BCUT2D eigenvalue weighted by Gasteiger charge is -2.07. The van der Waals surface area contributed by atoms with Crippen LogP contribution in [0.2, 0.25) is 0 Å². The van der Waals surface area contributed by atoms with Crippen molar-refractivity contribution in [1.82, 2.24) is 4.98 Å². The zero-order chi connectivity index (χ0) is 18.9. The van der Waals surface area contributed by atoms with E-state index >= 15 is 0 Å². The zero-order valence-electron chi connectivity index (χ0n) is 15.0. The Labute approximate surface area is 152 Å². The summed E-state index contributed by atoms with van der Waals surface area (Å²) in [6, 6.07) is 11.2. The molecule has 1 N–H and O–H groups in total. The summed E-state index contributed by atoms with van der Waals surface area (Å²) in [5, 5.41) is 9.88. The quantitative estimate of drug-likeness (QED) is 0.730. The van der Waals surface area contributed by atoms with E-state index in [1.54, 1.807) is 12.1 Å². The van der Waals surface area contributed by atoms with Crippen molar-refractivity contribution < 1.29 is 24.2 Å². The molecule has 2 aromatic rings. The number of aromatic hydroxyl groups is 1. The molecule has 2 rings (SSSR count). The van der Waals surface area contributed by atoms with Crippen molar-refractivity contribution in [2.45, 2.75) is 32.1 Å². The Morgan fingerprint density at radius 1 is 0.885 bits per heavy atom. The maximum absolute atomic E-state index is 11.3. The number of ether oxygens (including phenoxy) is 2. The molecule has 0 atom stereocenters. The molecule has 0 aliphatic rings. The topological polar surface area (TPSA) is 85.7 Å². The molecule has 0 radical (unpaired) electrons. The second-order valence-electron chi connectivity index (χ2n) is 5.91. The zero-order valence-corrected chi connectivity index (χ0v) is 15.0. The number of benzene rings is 1. The van der Waals surface area contributed by atoms with Crippen LogP contribution in [0.3, 0.4) is 0 Å². The molecule has 0 aliphatic carbocycles. The van der Waals surface area contributed by atoms with Gasteiger partial charge in [0, 0.05) is 12.1 Å². The number of hydrogen-bond acceptors (Lipinski definition) is 6. The van der Waals surface area contributed by atoms with Gasteiger partial charge in [-0.25, -0.2) is 0 Å². The molecule has 1 heterocycles. The van der Waals surface area contributed by atoms with Crippen LogP contribution in [0.4, 0.5) is 0 Å². The number of carbonyl (C=O) groups is 2. The van der Waals surface area contributed by atoms with E-state index in [0.29, 0.717) is 18.5 Å². The van der Waals surface area contributed by atoms with Gasteiger partial charge < -0.3 is 14.6 Å². The largest absolute Gasteiger partial charge is 0.506 e. The van der Waals surface area contributed by atoms with Crippen LogP contribution in [0.5, 0.6) is 5.75 Å². The fraction of sp³-hybridized carbons (Fsp3) is 0.350. The van der Waals surface area contributed by atoms with Crippen LogP contribution >= 0.6 is 0 Å². The van der Waals surface area contributed by atoms with Gasteiger partial charge in [0.25, 0.3) is 0 Å². The Morgan fingerprint density at radius 3 is 2.19 bits per heavy atom. The molecule has 1 aromatic carbocycles. The number of aromatic nitrogens is 1. The van der Waals surface area contributed by atoms with Gasteiger partial charge in [-0.1, -0.05) is 24.3 Å². The highest BCUT2D eigenvalue weighted by atomic mass is 16.5. The highest BCUT2D eigenvalue weighted by molar-refractivity contribution is 5.72. The average Bonchev–Trinajstić information content (AvgIpc) is 2.66. The van der Waals surface area contributed by atoms with Crippen molar-refractivity contribution in [3.8, 4) is 5.75 Å². The standard InChI is InChI=1S/C20H23NO5/c1-25-19(23)12-10-17-18(22)11-9-16(21-17)8-7-14-3-5-15(6-4-14)13-20(24)26-2/h3-6,9,11,22H,7-8,10,12-13H2,1-2H3. The molecule has 0 spiro atoms. The number of aryl methyl sites for hydroxylation is 3. The Morgan fingerprint density at radius 2 is 1.54 bits per heavy atom. The molecular formula is C20H23NO5. The number of hydrogen-bond donors (Lipinski definition) is 1. The highest BCUT2D eigenvalue weighted by Gasteiger charge is 2.09. The van der Waals surface area contributed by atoms with Crippen molar-refractivity contribution in [3.05, 3.63) is 58.9 Å². The third kappa shape index (κ3) is 5.88. The molecule has 0 bridgehead atoms. The van der Waals surface area contributed by atoms with Crippen LogP contribution in [0.25, 0.3) is 0 Å². The molecule has 0 aliphatic heterocycles. The summed E-state index contributed by atoms with van der Waals surface area (Å²) >= 11 is 0. The van der Waals surface area contributed by atoms with Gasteiger partial charge in [0.2, 0.25) is 0 Å². The van der Waals surface area contributed by atoms with Crippen LogP contribution in [0.1, 0.15) is 28.9 Å². The van der Waals surface area contributed by atoms with E-state index in [1.165, 1.54) is 14.2 Å². The van der Waals surface area contributed by atoms with E-state index in [9.17, 15) is 14.7 Å². The van der Waals surface area contributed by atoms with Gasteiger partial charge in [0.05, 0.1) is 32.8 Å². The summed E-state index contributed by atoms with van der Waals surface area (Å²) in [5.74, 6) is -0.501. The Balaban J connectivity index is 1.94. The lowest BCUT2D eigenvalue weighted by molar-refractivity contribution is -0.141. The van der Waals surface area contributed by atoms with Crippen LogP contribution < -0.4 is 0 Å². The predicted octanol–water partition coefficient (Wildman–Crippen LogP) is 2.39. The van der Waals surface area contributed by atoms with Gasteiger partial charge in [-0.05, 0) is 36.1 Å². The second kappa shape index (κ2) is 9.56. The minimum atomic E-state index is -0.330. The van der Waals surface area contributed by atoms with Crippen molar-refractivity contribution in [3.63, 3.8) is 0 Å². The van der Waals surface area contributed by atoms with Crippen molar-refractivity contribution in [2.24, 2.45) is 0 Å². The summed E-state index contributed by atoms with van der Waals surface area (Å²) in [5.41, 5.74) is 3.39. The van der Waals surface area contributed by atoms with Gasteiger partial charge in [-0.15, -0.1) is 0 Å². The number of pyridine rings is 1. The maximum Gasteiger partial charge on any atom is 0.309 e. The minimum absolute atomic E-state index is 0.0878. The van der Waals surface area contributed by atoms with Crippen LogP contribution in [-0.2, 0) is 44.7 Å². The number of esters is 2. The molecule has 6 nitrogen and oxygen atoms in total. The molecule has 0 unspecified atom stereocenters. The lowest BCUT2D eigenvalue weighted by Crippen LogP contribution is -2.05. The van der Waals surface area contributed by atoms with Crippen LogP contribution in [0, 0.1) is 0 Å². The summed E-state index contributed by atoms with van der Waals surface area (Å²) in [7, 11) is 2.71. The first-order valence-corrected chi connectivity index (χ1v) is 8.41. The van der Waals surface area contributed by atoms with Crippen molar-refractivity contribution >= 4 is 11.9 Å². The third-order valence-corrected chi connectivity index (χ3v) is 4.07. The van der Waals surface area contributed by atoms with E-state index in [1.807, 2.05) is 24.3 Å². The summed E-state index contributed by atoms with van der Waals surface area (Å²) < 4.78 is 9.27. The normalized spacial score (nSPS) is 10.4. The monoisotopic (exact) mass is 357 g/mol. The Bertz CT molecular complexity index is 755. The summed E-state index contributed by atoms with van der Waals surface area (Å²) in [4.78, 5) is 27.0. The van der Waals surface area contributed by atoms with E-state index in [2.05, 4.69) is 14.5 Å². The predicted molar refractivity (Wildman–Crippen MR) is 95.8 cm³/mol. The van der Waals surface area contributed by atoms with E-state index in [0.717, 1.165) is 23.2 Å². The first-order valence-electron chi connectivity index (χ1n) is 8.41. The lowest BCUT2D eigenvalue weighted by atomic mass is 10.0. The fourth-order valence-electron chi connectivity index (χ4n) is 2.52. The van der Waals surface area contributed by atoms with Crippen LogP contribution in [0.15, 0.2) is 36.4 Å². The molecular weight excluding hydrogens is 334 g/mol. The van der Waals surface area contributed by atoms with Crippen molar-refractivity contribution in [2.75, 3.05) is 14.2 Å².